The van der Waals surface area contributed by atoms with Crippen LogP contribution in [0, 0.1) is 0 Å². The molecule has 1 aliphatic rings. The first-order valence-electron chi connectivity index (χ1n) is 9.29. The van der Waals surface area contributed by atoms with Crippen LogP contribution in [0.15, 0.2) is 30.3 Å². The number of hydrogen-bond donors (Lipinski definition) is 1. The minimum absolute atomic E-state index is 0.0360. The number of rotatable bonds is 8. The zero-order chi connectivity index (χ0) is 19.2. The van der Waals surface area contributed by atoms with Crippen LogP contribution >= 0.6 is 0 Å². The molecule has 6 nitrogen and oxygen atoms in total. The number of carbonyl (C=O) groups is 2. The summed E-state index contributed by atoms with van der Waals surface area (Å²) < 4.78 is 5.77. The monoisotopic (exact) mass is 362 g/mol. The second-order valence-corrected chi connectivity index (χ2v) is 6.99. The Morgan fingerprint density at radius 2 is 1.92 bits per heavy atom. The first-order valence-corrected chi connectivity index (χ1v) is 9.29. The molecular weight excluding hydrogens is 332 g/mol. The van der Waals surface area contributed by atoms with Gasteiger partial charge in [0.25, 0.3) is 0 Å². The van der Waals surface area contributed by atoms with E-state index in [1.807, 2.05) is 35.2 Å². The van der Waals surface area contributed by atoms with Crippen molar-refractivity contribution in [3.05, 3.63) is 35.9 Å². The summed E-state index contributed by atoms with van der Waals surface area (Å²) >= 11 is 0. The van der Waals surface area contributed by atoms with Crippen LogP contribution in [0.1, 0.15) is 32.3 Å². The molecule has 144 valence electrons. The lowest BCUT2D eigenvalue weighted by Gasteiger charge is -2.41. The molecule has 1 amide bonds. The molecule has 1 unspecified atom stereocenters. The first-order chi connectivity index (χ1) is 12.4. The van der Waals surface area contributed by atoms with Gasteiger partial charge in [-0.1, -0.05) is 44.2 Å². The number of likely N-dealkylation sites (N-methyl/N-ethyl adjacent to an activating group) is 1. The van der Waals surface area contributed by atoms with Gasteiger partial charge >= 0.3 is 5.97 Å². The highest BCUT2D eigenvalue weighted by atomic mass is 16.5. The molecule has 0 saturated carbocycles. The van der Waals surface area contributed by atoms with Gasteiger partial charge in [0, 0.05) is 19.6 Å². The lowest BCUT2D eigenvalue weighted by atomic mass is 9.74. The van der Waals surface area contributed by atoms with E-state index in [9.17, 15) is 9.59 Å². The van der Waals surface area contributed by atoms with E-state index in [0.717, 1.165) is 18.4 Å². The average Bonchev–Trinajstić information content (AvgIpc) is 2.63. The third kappa shape index (κ3) is 4.62. The van der Waals surface area contributed by atoms with Crippen LogP contribution in [0.2, 0.25) is 0 Å². The first kappa shape index (κ1) is 20.4. The maximum Gasteiger partial charge on any atom is 0.317 e. The standard InChI is InChI=1S/C20H30N2O4/c1-4-20(5-2,16-9-7-6-8-10-16)19(25)22-11-12-26-17(14-22)13-21(3)15-18(23)24/h6-10,17H,4-5,11-15H2,1-3H3,(H,23,24). The number of hydrogen-bond acceptors (Lipinski definition) is 4. The Morgan fingerprint density at radius 1 is 1.27 bits per heavy atom. The highest BCUT2D eigenvalue weighted by molar-refractivity contribution is 5.88. The molecule has 1 aromatic carbocycles. The number of carboxylic acids is 1. The van der Waals surface area contributed by atoms with Crippen molar-refractivity contribution in [2.45, 2.75) is 38.2 Å². The molecule has 1 saturated heterocycles. The zero-order valence-corrected chi connectivity index (χ0v) is 16.0. The number of carboxylic acid groups (broad SMARTS) is 1. The van der Waals surface area contributed by atoms with Crippen LogP contribution < -0.4 is 0 Å². The summed E-state index contributed by atoms with van der Waals surface area (Å²) in [5.74, 6) is -0.723. The second kappa shape index (κ2) is 9.14. The fraction of sp³-hybridized carbons (Fsp3) is 0.600. The van der Waals surface area contributed by atoms with Crippen molar-refractivity contribution in [2.24, 2.45) is 0 Å². The van der Waals surface area contributed by atoms with Crippen LogP contribution in [-0.4, -0.2) is 72.7 Å². The molecule has 0 aliphatic carbocycles. The Balaban J connectivity index is 2.12. The molecule has 2 rings (SSSR count). The van der Waals surface area contributed by atoms with Crippen molar-refractivity contribution in [3.63, 3.8) is 0 Å². The minimum atomic E-state index is -0.865. The predicted octanol–water partition coefficient (Wildman–Crippen LogP) is 1.99. The predicted molar refractivity (Wildman–Crippen MR) is 100 cm³/mol. The number of amides is 1. The number of ether oxygens (including phenoxy) is 1. The third-order valence-electron chi connectivity index (χ3n) is 5.29. The molecule has 6 heteroatoms. The van der Waals surface area contributed by atoms with Crippen LogP contribution in [0.4, 0.5) is 0 Å². The molecule has 0 radical (unpaired) electrons. The quantitative estimate of drug-likeness (QED) is 0.766. The van der Waals surface area contributed by atoms with E-state index in [1.165, 1.54) is 0 Å². The summed E-state index contributed by atoms with van der Waals surface area (Å²) in [5.41, 5.74) is 0.539. The maximum atomic E-state index is 13.5. The molecule has 0 aromatic heterocycles. The molecule has 1 atom stereocenters. The Hall–Kier alpha value is -1.92. The lowest BCUT2D eigenvalue weighted by Crippen LogP contribution is -2.54. The van der Waals surface area contributed by atoms with Gasteiger partial charge in [0.1, 0.15) is 0 Å². The van der Waals surface area contributed by atoms with Crippen molar-refractivity contribution in [1.82, 2.24) is 9.80 Å². The van der Waals surface area contributed by atoms with E-state index in [-0.39, 0.29) is 18.6 Å². The van der Waals surface area contributed by atoms with Crippen molar-refractivity contribution in [1.29, 1.82) is 0 Å². The molecular formula is C20H30N2O4. The molecule has 26 heavy (non-hydrogen) atoms. The van der Waals surface area contributed by atoms with Crippen LogP contribution in [0.25, 0.3) is 0 Å². The van der Waals surface area contributed by atoms with Gasteiger partial charge in [-0.25, -0.2) is 0 Å². The number of morpholine rings is 1. The van der Waals surface area contributed by atoms with Crippen molar-refractivity contribution >= 4 is 11.9 Å². The normalized spacial score (nSPS) is 18.2. The van der Waals surface area contributed by atoms with Gasteiger partial charge in [-0.2, -0.15) is 0 Å². The van der Waals surface area contributed by atoms with E-state index in [1.54, 1.807) is 11.9 Å². The number of benzene rings is 1. The molecule has 1 aromatic rings. The molecule has 1 fully saturated rings. The van der Waals surface area contributed by atoms with E-state index in [4.69, 9.17) is 9.84 Å². The average molecular weight is 362 g/mol. The molecule has 0 spiro atoms. The van der Waals surface area contributed by atoms with Gasteiger partial charge in [-0.15, -0.1) is 0 Å². The van der Waals surface area contributed by atoms with E-state index in [2.05, 4.69) is 13.8 Å². The Kier molecular flexibility index (Phi) is 7.17. The Morgan fingerprint density at radius 3 is 2.50 bits per heavy atom. The van der Waals surface area contributed by atoms with Gasteiger partial charge in [-0.3, -0.25) is 14.5 Å². The number of carbonyl (C=O) groups excluding carboxylic acids is 1. The Labute approximate surface area is 155 Å². The summed E-state index contributed by atoms with van der Waals surface area (Å²) in [6.07, 6.45) is 1.32. The van der Waals surface area contributed by atoms with Crippen molar-refractivity contribution in [2.75, 3.05) is 39.8 Å². The third-order valence-corrected chi connectivity index (χ3v) is 5.29. The number of aliphatic carboxylic acids is 1. The SMILES string of the molecule is CCC(CC)(C(=O)N1CCOC(CN(C)CC(=O)O)C1)c1ccccc1. The summed E-state index contributed by atoms with van der Waals surface area (Å²) in [6, 6.07) is 9.98. The summed E-state index contributed by atoms with van der Waals surface area (Å²) in [5, 5.41) is 8.90. The largest absolute Gasteiger partial charge is 0.480 e. The minimum Gasteiger partial charge on any atom is -0.480 e. The summed E-state index contributed by atoms with van der Waals surface area (Å²) in [7, 11) is 1.75. The van der Waals surface area contributed by atoms with Crippen LogP contribution in [-0.2, 0) is 19.7 Å². The van der Waals surface area contributed by atoms with Crippen molar-refractivity contribution < 1.29 is 19.4 Å². The van der Waals surface area contributed by atoms with Gasteiger partial charge in [0.05, 0.1) is 24.7 Å². The van der Waals surface area contributed by atoms with Gasteiger partial charge in [0.15, 0.2) is 0 Å². The topological polar surface area (TPSA) is 70.1 Å². The van der Waals surface area contributed by atoms with Crippen molar-refractivity contribution in [3.8, 4) is 0 Å². The molecule has 0 bridgehead atoms. The fourth-order valence-electron chi connectivity index (χ4n) is 3.80. The Bertz CT molecular complexity index is 601. The molecule has 1 N–H and O–H groups in total. The van der Waals surface area contributed by atoms with Gasteiger partial charge in [-0.05, 0) is 25.5 Å². The number of nitrogens with zero attached hydrogens (tertiary/aromatic N) is 2. The summed E-state index contributed by atoms with van der Waals surface area (Å²) in [4.78, 5) is 27.9. The smallest absolute Gasteiger partial charge is 0.317 e. The van der Waals surface area contributed by atoms with E-state index in [0.29, 0.717) is 26.2 Å². The van der Waals surface area contributed by atoms with E-state index >= 15 is 0 Å². The van der Waals surface area contributed by atoms with E-state index < -0.39 is 11.4 Å². The molecule has 1 heterocycles. The van der Waals surface area contributed by atoms with Crippen LogP contribution in [0.5, 0.6) is 0 Å². The van der Waals surface area contributed by atoms with Crippen LogP contribution in [0.3, 0.4) is 0 Å². The lowest BCUT2D eigenvalue weighted by molar-refractivity contribution is -0.147. The maximum absolute atomic E-state index is 13.5. The highest BCUT2D eigenvalue weighted by Gasteiger charge is 2.41. The summed E-state index contributed by atoms with van der Waals surface area (Å²) in [6.45, 7) is 6.14. The highest BCUT2D eigenvalue weighted by Crippen LogP contribution is 2.34. The molecule has 1 aliphatic heterocycles. The second-order valence-electron chi connectivity index (χ2n) is 6.99. The van der Waals surface area contributed by atoms with Gasteiger partial charge < -0.3 is 14.7 Å². The zero-order valence-electron chi connectivity index (χ0n) is 16.0. The fourth-order valence-corrected chi connectivity index (χ4v) is 3.80. The van der Waals surface area contributed by atoms with Gasteiger partial charge in [0.2, 0.25) is 5.91 Å².